The minimum Gasteiger partial charge on any atom is -0.496 e. The first kappa shape index (κ1) is 17.3. The quantitative estimate of drug-likeness (QED) is 0.666. The highest BCUT2D eigenvalue weighted by atomic mass is 16.5. The van der Waals surface area contributed by atoms with E-state index in [1.807, 2.05) is 24.3 Å². The number of aliphatic carboxylic acids is 1. The number of rotatable bonds is 9. The molecule has 0 fully saturated rings. The Morgan fingerprint density at radius 1 is 1.29 bits per heavy atom. The molecular formula is C18H26O3. The molecular weight excluding hydrogens is 264 g/mol. The van der Waals surface area contributed by atoms with E-state index in [1.54, 1.807) is 13.2 Å². The van der Waals surface area contributed by atoms with Gasteiger partial charge in [-0.1, -0.05) is 51.3 Å². The monoisotopic (exact) mass is 290 g/mol. The van der Waals surface area contributed by atoms with Crippen molar-refractivity contribution in [1.29, 1.82) is 0 Å². The van der Waals surface area contributed by atoms with Crippen LogP contribution in [-0.4, -0.2) is 18.2 Å². The van der Waals surface area contributed by atoms with E-state index in [4.69, 9.17) is 4.74 Å². The summed E-state index contributed by atoms with van der Waals surface area (Å²) in [5.41, 5.74) is 1.27. The highest BCUT2D eigenvalue weighted by molar-refractivity contribution is 5.92. The molecule has 0 atom stereocenters. The number of hydrogen-bond acceptors (Lipinski definition) is 2. The summed E-state index contributed by atoms with van der Waals surface area (Å²) < 4.78 is 5.27. The van der Waals surface area contributed by atoms with Crippen LogP contribution in [0.3, 0.4) is 0 Å². The summed E-state index contributed by atoms with van der Waals surface area (Å²) in [5.74, 6) is 0.563. The highest BCUT2D eigenvalue weighted by Gasteiger charge is 2.11. The molecule has 3 heteroatoms. The van der Waals surface area contributed by atoms with E-state index in [0.29, 0.717) is 23.7 Å². The Morgan fingerprint density at radius 2 is 1.95 bits per heavy atom. The predicted octanol–water partition coefficient (Wildman–Crippen LogP) is 4.77. The number of carboxylic acid groups (broad SMARTS) is 1. The summed E-state index contributed by atoms with van der Waals surface area (Å²) >= 11 is 0. The van der Waals surface area contributed by atoms with Gasteiger partial charge in [-0.15, -0.1) is 0 Å². The van der Waals surface area contributed by atoms with Gasteiger partial charge < -0.3 is 9.84 Å². The van der Waals surface area contributed by atoms with Crippen LogP contribution < -0.4 is 4.74 Å². The zero-order chi connectivity index (χ0) is 15.7. The largest absolute Gasteiger partial charge is 0.496 e. The molecule has 0 unspecified atom stereocenters. The molecule has 0 bridgehead atoms. The van der Waals surface area contributed by atoms with E-state index in [1.165, 1.54) is 0 Å². The number of hydrogen-bond donors (Lipinski definition) is 1. The predicted molar refractivity (Wildman–Crippen MR) is 86.5 cm³/mol. The van der Waals surface area contributed by atoms with Gasteiger partial charge in [-0.25, -0.2) is 4.79 Å². The second kappa shape index (κ2) is 9.22. The number of para-hydroxylation sites is 1. The lowest BCUT2D eigenvalue weighted by Gasteiger charge is -2.12. The van der Waals surface area contributed by atoms with Crippen molar-refractivity contribution in [2.45, 2.75) is 46.0 Å². The Bertz CT molecular complexity index is 473. The zero-order valence-corrected chi connectivity index (χ0v) is 13.3. The van der Waals surface area contributed by atoms with E-state index in [-0.39, 0.29) is 0 Å². The van der Waals surface area contributed by atoms with E-state index in [2.05, 4.69) is 13.8 Å². The van der Waals surface area contributed by atoms with Crippen LogP contribution in [-0.2, 0) is 4.79 Å². The maximum absolute atomic E-state index is 11.4. The van der Waals surface area contributed by atoms with Gasteiger partial charge in [0.2, 0.25) is 0 Å². The maximum atomic E-state index is 11.4. The highest BCUT2D eigenvalue weighted by Crippen LogP contribution is 2.23. The van der Waals surface area contributed by atoms with Gasteiger partial charge >= 0.3 is 5.97 Å². The number of methoxy groups -OCH3 is 1. The number of carbonyl (C=O) groups is 1. The fraction of sp³-hybridized carbons (Fsp3) is 0.500. The molecule has 116 valence electrons. The molecule has 0 aromatic heterocycles. The molecule has 0 amide bonds. The third-order valence-corrected chi connectivity index (χ3v) is 3.96. The molecule has 0 heterocycles. The van der Waals surface area contributed by atoms with E-state index >= 15 is 0 Å². The smallest absolute Gasteiger partial charge is 0.331 e. The van der Waals surface area contributed by atoms with Gasteiger partial charge in [0.1, 0.15) is 5.75 Å². The van der Waals surface area contributed by atoms with E-state index in [9.17, 15) is 9.90 Å². The van der Waals surface area contributed by atoms with Crippen LogP contribution in [0.5, 0.6) is 5.75 Å². The third kappa shape index (κ3) is 5.62. The maximum Gasteiger partial charge on any atom is 0.331 e. The summed E-state index contributed by atoms with van der Waals surface area (Å²) in [6, 6.07) is 7.49. The van der Waals surface area contributed by atoms with Crippen molar-refractivity contribution in [3.8, 4) is 5.75 Å². The lowest BCUT2D eigenvalue weighted by molar-refractivity contribution is -0.132. The zero-order valence-electron chi connectivity index (χ0n) is 13.3. The summed E-state index contributed by atoms with van der Waals surface area (Å²) in [6.45, 7) is 4.38. The van der Waals surface area contributed by atoms with Gasteiger partial charge in [0.15, 0.2) is 0 Å². The van der Waals surface area contributed by atoms with Crippen LogP contribution in [0.2, 0.25) is 0 Å². The van der Waals surface area contributed by atoms with Crippen molar-refractivity contribution < 1.29 is 14.6 Å². The molecule has 21 heavy (non-hydrogen) atoms. The summed E-state index contributed by atoms with van der Waals surface area (Å²) in [7, 11) is 1.60. The molecule has 1 N–H and O–H groups in total. The molecule has 0 saturated carbocycles. The lowest BCUT2D eigenvalue weighted by atomic mass is 9.94. The summed E-state index contributed by atoms with van der Waals surface area (Å²) in [5, 5.41) is 9.37. The van der Waals surface area contributed by atoms with Crippen molar-refractivity contribution >= 4 is 12.0 Å². The molecule has 1 aromatic rings. The molecule has 0 aliphatic rings. The van der Waals surface area contributed by atoms with Crippen LogP contribution in [0.15, 0.2) is 29.8 Å². The van der Waals surface area contributed by atoms with Crippen LogP contribution >= 0.6 is 0 Å². The molecule has 0 aliphatic heterocycles. The Balaban J connectivity index is 2.77. The van der Waals surface area contributed by atoms with Crippen LogP contribution in [0, 0.1) is 5.92 Å². The average molecular weight is 290 g/mol. The van der Waals surface area contributed by atoms with E-state index in [0.717, 1.165) is 31.2 Å². The SMILES string of the molecule is CCC(CC)CCCC(=Cc1ccccc1OC)C(=O)O. The van der Waals surface area contributed by atoms with Crippen molar-refractivity contribution in [1.82, 2.24) is 0 Å². The second-order valence-corrected chi connectivity index (χ2v) is 5.29. The van der Waals surface area contributed by atoms with Crippen LogP contribution in [0.25, 0.3) is 6.08 Å². The van der Waals surface area contributed by atoms with Gasteiger partial charge in [0.25, 0.3) is 0 Å². The third-order valence-electron chi connectivity index (χ3n) is 3.96. The van der Waals surface area contributed by atoms with Gasteiger partial charge in [-0.2, -0.15) is 0 Å². The fourth-order valence-corrected chi connectivity index (χ4v) is 2.49. The standard InChI is InChI=1S/C18H26O3/c1-4-14(5-2)9-8-11-16(18(19)20)13-15-10-6-7-12-17(15)21-3/h6-7,10,12-14H,4-5,8-9,11H2,1-3H3,(H,19,20). The first-order chi connectivity index (χ1) is 10.1. The molecule has 0 saturated heterocycles. The lowest BCUT2D eigenvalue weighted by Crippen LogP contribution is -2.03. The first-order valence-corrected chi connectivity index (χ1v) is 7.69. The van der Waals surface area contributed by atoms with Gasteiger partial charge in [-0.3, -0.25) is 0 Å². The van der Waals surface area contributed by atoms with Gasteiger partial charge in [0, 0.05) is 11.1 Å². The first-order valence-electron chi connectivity index (χ1n) is 7.69. The average Bonchev–Trinajstić information content (AvgIpc) is 2.50. The molecule has 0 aliphatic carbocycles. The van der Waals surface area contributed by atoms with Gasteiger partial charge in [-0.05, 0) is 30.9 Å². The Hall–Kier alpha value is -1.77. The molecule has 1 aromatic carbocycles. The van der Waals surface area contributed by atoms with Crippen molar-refractivity contribution in [2.24, 2.45) is 5.92 Å². The van der Waals surface area contributed by atoms with Crippen molar-refractivity contribution in [3.63, 3.8) is 0 Å². The normalized spacial score (nSPS) is 11.7. The molecule has 0 spiro atoms. The Morgan fingerprint density at radius 3 is 2.52 bits per heavy atom. The summed E-state index contributed by atoms with van der Waals surface area (Å²) in [4.78, 5) is 11.4. The van der Waals surface area contributed by atoms with E-state index < -0.39 is 5.97 Å². The second-order valence-electron chi connectivity index (χ2n) is 5.29. The minimum atomic E-state index is -0.842. The van der Waals surface area contributed by atoms with Gasteiger partial charge in [0.05, 0.1) is 7.11 Å². The number of ether oxygens (including phenoxy) is 1. The van der Waals surface area contributed by atoms with Crippen molar-refractivity contribution in [2.75, 3.05) is 7.11 Å². The minimum absolute atomic E-state index is 0.449. The van der Waals surface area contributed by atoms with Crippen LogP contribution in [0.1, 0.15) is 51.5 Å². The summed E-state index contributed by atoms with van der Waals surface area (Å²) in [6.07, 6.45) is 6.66. The Kier molecular flexibility index (Phi) is 7.59. The molecule has 1 rings (SSSR count). The Labute approximate surface area is 127 Å². The fourth-order valence-electron chi connectivity index (χ4n) is 2.49. The number of benzene rings is 1. The number of carboxylic acids is 1. The molecule has 0 radical (unpaired) electrons. The topological polar surface area (TPSA) is 46.5 Å². The molecule has 3 nitrogen and oxygen atoms in total. The van der Waals surface area contributed by atoms with Crippen LogP contribution in [0.4, 0.5) is 0 Å². The van der Waals surface area contributed by atoms with Crippen molar-refractivity contribution in [3.05, 3.63) is 35.4 Å².